The zero-order valence-corrected chi connectivity index (χ0v) is 23.5. The largest absolute Gasteiger partial charge is 0.476 e. The molecule has 0 atom stereocenters. The van der Waals surface area contributed by atoms with Crippen molar-refractivity contribution in [3.05, 3.63) is 48.0 Å². The Bertz CT molecular complexity index is 1300. The van der Waals surface area contributed by atoms with E-state index in [1.807, 2.05) is 58.8 Å². The van der Waals surface area contributed by atoms with E-state index in [0.29, 0.717) is 31.4 Å². The van der Waals surface area contributed by atoms with Crippen molar-refractivity contribution in [2.24, 2.45) is 0 Å². The summed E-state index contributed by atoms with van der Waals surface area (Å²) < 4.78 is 28.2. The zero-order chi connectivity index (χ0) is 28.2. The Morgan fingerprint density at radius 3 is 2.56 bits per heavy atom. The van der Waals surface area contributed by atoms with Gasteiger partial charge < -0.3 is 29.9 Å². The number of amides is 2. The second-order valence-corrected chi connectivity index (χ2v) is 10.9. The molecule has 0 spiro atoms. The van der Waals surface area contributed by atoms with Gasteiger partial charge in [0.15, 0.2) is 0 Å². The van der Waals surface area contributed by atoms with Crippen LogP contribution in [0.2, 0.25) is 0 Å². The Hall–Kier alpha value is -3.70. The van der Waals surface area contributed by atoms with Crippen LogP contribution in [-0.2, 0) is 10.3 Å². The fourth-order valence-electron chi connectivity index (χ4n) is 4.13. The molecule has 2 amide bonds. The van der Waals surface area contributed by atoms with Crippen molar-refractivity contribution < 1.29 is 18.7 Å². The molecule has 2 N–H and O–H groups in total. The molecule has 1 saturated heterocycles. The number of nitrogens with zero attached hydrogens (tertiary/aromatic N) is 5. The van der Waals surface area contributed by atoms with Gasteiger partial charge in [-0.1, -0.05) is 0 Å². The third-order valence-electron chi connectivity index (χ3n) is 6.31. The minimum absolute atomic E-state index is 0.0659. The zero-order valence-electron chi connectivity index (χ0n) is 23.5. The lowest BCUT2D eigenvalue weighted by Gasteiger charge is -2.28. The number of pyridine rings is 1. The first-order valence-corrected chi connectivity index (χ1v) is 13.1. The lowest BCUT2D eigenvalue weighted by atomic mass is 10.00. The van der Waals surface area contributed by atoms with Crippen molar-refractivity contribution in [1.29, 1.82) is 0 Å². The standard InChI is InChI=1S/C28H38FN7O3/c1-19-13-23(29)24(32-27(37)31-21-17-30-36(18-21)28(2,3)4)16-22(19)20-14-25(35-8-10-38-11-9-35)33-26(15-20)39-12-7-34(5)6/h13-18H,7-12H2,1-6H3,(H2,31,32,37). The number of aryl methyl sites for hydroxylation is 1. The second-order valence-electron chi connectivity index (χ2n) is 10.9. The molecule has 3 aromatic rings. The van der Waals surface area contributed by atoms with E-state index >= 15 is 0 Å². The van der Waals surface area contributed by atoms with Gasteiger partial charge in [0.25, 0.3) is 0 Å². The van der Waals surface area contributed by atoms with Crippen molar-refractivity contribution in [3.8, 4) is 17.0 Å². The summed E-state index contributed by atoms with van der Waals surface area (Å²) in [7, 11) is 3.96. The first-order valence-electron chi connectivity index (χ1n) is 13.1. The number of rotatable bonds is 8. The molecule has 10 nitrogen and oxygen atoms in total. The van der Waals surface area contributed by atoms with Crippen molar-refractivity contribution >= 4 is 23.2 Å². The molecule has 0 unspecified atom stereocenters. The molecule has 1 fully saturated rings. The Labute approximate surface area is 229 Å². The number of aromatic nitrogens is 3. The maximum atomic E-state index is 15.0. The van der Waals surface area contributed by atoms with Crippen molar-refractivity contribution in [3.63, 3.8) is 0 Å². The van der Waals surface area contributed by atoms with Crippen molar-refractivity contribution in [2.45, 2.75) is 33.2 Å². The molecule has 1 aliphatic heterocycles. The highest BCUT2D eigenvalue weighted by Gasteiger charge is 2.19. The minimum atomic E-state index is -0.561. The molecule has 0 saturated carbocycles. The van der Waals surface area contributed by atoms with Crippen LogP contribution in [0.5, 0.6) is 5.88 Å². The molecule has 0 radical (unpaired) electrons. The van der Waals surface area contributed by atoms with E-state index in [9.17, 15) is 9.18 Å². The van der Waals surface area contributed by atoms with Gasteiger partial charge in [0.2, 0.25) is 5.88 Å². The third-order valence-corrected chi connectivity index (χ3v) is 6.31. The summed E-state index contributed by atoms with van der Waals surface area (Å²) in [4.78, 5) is 21.7. The summed E-state index contributed by atoms with van der Waals surface area (Å²) in [6.45, 7) is 11.8. The molecule has 1 aliphatic rings. The number of carbonyl (C=O) groups excluding carboxylic acids is 1. The molecule has 0 aliphatic carbocycles. The lowest BCUT2D eigenvalue weighted by Crippen LogP contribution is -2.36. The van der Waals surface area contributed by atoms with Crippen LogP contribution < -0.4 is 20.3 Å². The Morgan fingerprint density at radius 1 is 1.15 bits per heavy atom. The van der Waals surface area contributed by atoms with E-state index in [-0.39, 0.29) is 11.2 Å². The highest BCUT2D eigenvalue weighted by atomic mass is 19.1. The first kappa shape index (κ1) is 28.3. The van der Waals surface area contributed by atoms with Gasteiger partial charge in [-0.15, -0.1) is 0 Å². The number of hydrogen-bond donors (Lipinski definition) is 2. The van der Waals surface area contributed by atoms with Gasteiger partial charge in [-0.05, 0) is 76.7 Å². The topological polar surface area (TPSA) is 96.8 Å². The average molecular weight is 540 g/mol. The highest BCUT2D eigenvalue weighted by Crippen LogP contribution is 2.33. The smallest absolute Gasteiger partial charge is 0.323 e. The fourth-order valence-corrected chi connectivity index (χ4v) is 4.13. The van der Waals surface area contributed by atoms with Crippen LogP contribution in [0.15, 0.2) is 36.7 Å². The Balaban J connectivity index is 1.60. The van der Waals surface area contributed by atoms with Crippen LogP contribution in [0.4, 0.5) is 26.4 Å². The number of urea groups is 1. The van der Waals surface area contributed by atoms with Gasteiger partial charge >= 0.3 is 6.03 Å². The predicted octanol–water partition coefficient (Wildman–Crippen LogP) is 4.57. The van der Waals surface area contributed by atoms with Crippen LogP contribution in [-0.4, -0.2) is 79.2 Å². The van der Waals surface area contributed by atoms with Crippen LogP contribution in [0.1, 0.15) is 26.3 Å². The fraction of sp³-hybridized carbons (Fsp3) is 0.464. The minimum Gasteiger partial charge on any atom is -0.476 e. The van der Waals surface area contributed by atoms with Crippen LogP contribution in [0.3, 0.4) is 0 Å². The van der Waals surface area contributed by atoms with E-state index < -0.39 is 11.8 Å². The molecule has 0 bridgehead atoms. The number of anilines is 3. The summed E-state index contributed by atoms with van der Waals surface area (Å²) >= 11 is 0. The van der Waals surface area contributed by atoms with E-state index in [4.69, 9.17) is 14.5 Å². The first-order chi connectivity index (χ1) is 18.5. The van der Waals surface area contributed by atoms with E-state index in [2.05, 4.69) is 20.6 Å². The maximum absolute atomic E-state index is 15.0. The summed E-state index contributed by atoms with van der Waals surface area (Å²) in [6, 6.07) is 6.32. The molecule has 39 heavy (non-hydrogen) atoms. The number of nitrogens with one attached hydrogen (secondary N) is 2. The normalized spacial score (nSPS) is 14.0. The van der Waals surface area contributed by atoms with Gasteiger partial charge in [-0.2, -0.15) is 10.1 Å². The van der Waals surface area contributed by atoms with E-state index in [1.54, 1.807) is 23.1 Å². The summed E-state index contributed by atoms with van der Waals surface area (Å²) in [5, 5.41) is 9.65. The van der Waals surface area contributed by atoms with E-state index in [1.165, 1.54) is 6.07 Å². The van der Waals surface area contributed by atoms with Gasteiger partial charge in [-0.3, -0.25) is 4.68 Å². The number of hydrogen-bond acceptors (Lipinski definition) is 7. The number of likely N-dealkylation sites (N-methyl/N-ethyl adjacent to an activating group) is 1. The molecule has 11 heteroatoms. The van der Waals surface area contributed by atoms with Gasteiger partial charge in [0.05, 0.1) is 36.3 Å². The summed E-state index contributed by atoms with van der Waals surface area (Å²) in [5.74, 6) is 0.729. The lowest BCUT2D eigenvalue weighted by molar-refractivity contribution is 0.122. The predicted molar refractivity (Wildman–Crippen MR) is 151 cm³/mol. The molecular formula is C28H38FN7O3. The quantitative estimate of drug-likeness (QED) is 0.433. The van der Waals surface area contributed by atoms with Crippen LogP contribution in [0.25, 0.3) is 11.1 Å². The monoisotopic (exact) mass is 539 g/mol. The summed E-state index contributed by atoms with van der Waals surface area (Å²) in [5.41, 5.74) is 2.66. The van der Waals surface area contributed by atoms with Gasteiger partial charge in [0, 0.05) is 31.9 Å². The van der Waals surface area contributed by atoms with Crippen LogP contribution in [0, 0.1) is 12.7 Å². The highest BCUT2D eigenvalue weighted by molar-refractivity contribution is 6.00. The average Bonchev–Trinajstić information content (AvgIpc) is 3.35. The maximum Gasteiger partial charge on any atom is 0.323 e. The Morgan fingerprint density at radius 2 is 1.90 bits per heavy atom. The van der Waals surface area contributed by atoms with Crippen LogP contribution >= 0.6 is 0 Å². The molecule has 1 aromatic carbocycles. The van der Waals surface area contributed by atoms with Crippen molar-refractivity contribution in [2.75, 3.05) is 69.1 Å². The molecule has 3 heterocycles. The number of halogens is 1. The third kappa shape index (κ3) is 7.45. The van der Waals surface area contributed by atoms with Crippen molar-refractivity contribution in [1.82, 2.24) is 19.7 Å². The molecule has 210 valence electrons. The Kier molecular flexibility index (Phi) is 8.71. The SMILES string of the molecule is Cc1cc(F)c(NC(=O)Nc2cnn(C(C)(C)C)c2)cc1-c1cc(OCCN(C)C)nc(N2CCOCC2)c1. The van der Waals surface area contributed by atoms with Gasteiger partial charge in [0.1, 0.15) is 18.2 Å². The van der Waals surface area contributed by atoms with E-state index in [0.717, 1.165) is 42.1 Å². The summed E-state index contributed by atoms with van der Waals surface area (Å²) in [6.07, 6.45) is 3.29. The van der Waals surface area contributed by atoms with Gasteiger partial charge in [-0.25, -0.2) is 9.18 Å². The second kappa shape index (κ2) is 12.0. The molecule has 4 rings (SSSR count). The molecular weight excluding hydrogens is 501 g/mol. The molecule has 2 aromatic heterocycles. The number of ether oxygens (including phenoxy) is 2. The number of carbonyl (C=O) groups is 1. The number of benzene rings is 1. The number of morpholine rings is 1.